The Hall–Kier alpha value is -2.01. The largest absolute Gasteiger partial charge is 0.454 e. The quantitative estimate of drug-likeness (QED) is 0.281. The van der Waals surface area contributed by atoms with Gasteiger partial charge in [0.05, 0.1) is 0 Å². The molecule has 0 saturated heterocycles. The summed E-state index contributed by atoms with van der Waals surface area (Å²) in [4.78, 5) is 16.3. The number of carbonyl (C=O) groups excluding carboxylic acids is 1. The topological polar surface area (TPSA) is 87.6 Å². The van der Waals surface area contributed by atoms with Crippen LogP contribution in [0.25, 0.3) is 6.08 Å². The van der Waals surface area contributed by atoms with Crippen LogP contribution in [0.3, 0.4) is 0 Å². The summed E-state index contributed by atoms with van der Waals surface area (Å²) in [5.74, 6) is 4.39. The van der Waals surface area contributed by atoms with Gasteiger partial charge in [-0.3, -0.25) is 0 Å². The van der Waals surface area contributed by atoms with E-state index in [2.05, 4.69) is 4.84 Å². The molecule has 0 aliphatic heterocycles. The van der Waals surface area contributed by atoms with Gasteiger partial charge in [-0.25, -0.2) is 4.79 Å². The van der Waals surface area contributed by atoms with Crippen molar-refractivity contribution in [2.45, 2.75) is 26.4 Å². The molecule has 0 aliphatic rings. The smallest absolute Gasteiger partial charge is 0.376 e. The first-order chi connectivity index (χ1) is 8.31. The van der Waals surface area contributed by atoms with Gasteiger partial charge in [-0.05, 0) is 44.5 Å². The first kappa shape index (κ1) is 14.1. The number of hydrogen-bond donors (Lipinski definition) is 2. The third-order valence-corrected chi connectivity index (χ3v) is 1.94. The van der Waals surface area contributed by atoms with Gasteiger partial charge >= 0.3 is 5.97 Å². The molecule has 0 unspecified atom stereocenters. The summed E-state index contributed by atoms with van der Waals surface area (Å²) in [5, 5.41) is 0. The number of hydrogen-bond acceptors (Lipinski definition) is 5. The van der Waals surface area contributed by atoms with Crippen molar-refractivity contribution in [3.05, 3.63) is 35.6 Å². The van der Waals surface area contributed by atoms with Crippen LogP contribution in [-0.4, -0.2) is 11.6 Å². The maximum Gasteiger partial charge on any atom is 0.376 e. The van der Waals surface area contributed by atoms with Gasteiger partial charge in [-0.2, -0.15) is 5.90 Å². The maximum absolute atomic E-state index is 11.8. The maximum atomic E-state index is 11.8. The monoisotopic (exact) mass is 250 g/mol. The van der Waals surface area contributed by atoms with Crippen LogP contribution in [0, 0.1) is 0 Å². The number of esters is 1. The first-order valence-corrected chi connectivity index (χ1v) is 5.49. The van der Waals surface area contributed by atoms with Crippen molar-refractivity contribution in [3.63, 3.8) is 0 Å². The summed E-state index contributed by atoms with van der Waals surface area (Å²) < 4.78 is 5.15. The summed E-state index contributed by atoms with van der Waals surface area (Å²) in [6, 6.07) is 6.99. The Morgan fingerprint density at radius 2 is 2.00 bits per heavy atom. The molecule has 98 valence electrons. The molecule has 18 heavy (non-hydrogen) atoms. The molecule has 0 radical (unpaired) electrons. The lowest BCUT2D eigenvalue weighted by molar-refractivity contribution is -0.154. The predicted molar refractivity (Wildman–Crippen MR) is 69.9 cm³/mol. The van der Waals surface area contributed by atoms with E-state index in [0.717, 1.165) is 0 Å². The van der Waals surface area contributed by atoms with Crippen LogP contribution in [-0.2, 0) is 14.4 Å². The predicted octanol–water partition coefficient (Wildman–Crippen LogP) is 1.84. The Kier molecular flexibility index (Phi) is 4.33. The van der Waals surface area contributed by atoms with Crippen molar-refractivity contribution in [1.82, 2.24) is 0 Å². The molecule has 5 nitrogen and oxygen atoms in total. The lowest BCUT2D eigenvalue weighted by atomic mass is 10.1. The number of carbonyl (C=O) groups is 1. The molecule has 0 saturated carbocycles. The Labute approximate surface area is 106 Å². The highest BCUT2D eigenvalue weighted by atomic mass is 16.6. The second kappa shape index (κ2) is 5.55. The summed E-state index contributed by atoms with van der Waals surface area (Å²) in [7, 11) is 0. The van der Waals surface area contributed by atoms with Gasteiger partial charge in [-0.15, -0.1) is 0 Å². The minimum Gasteiger partial charge on any atom is -0.454 e. The number of benzene rings is 1. The minimum absolute atomic E-state index is 0.0736. The van der Waals surface area contributed by atoms with Gasteiger partial charge in [0, 0.05) is 5.69 Å². The number of ether oxygens (including phenoxy) is 1. The molecule has 5 heteroatoms. The molecule has 0 heterocycles. The normalized spacial score (nSPS) is 12.1. The molecule has 1 rings (SSSR count). The third kappa shape index (κ3) is 4.47. The van der Waals surface area contributed by atoms with E-state index in [1.54, 1.807) is 45.0 Å². The van der Waals surface area contributed by atoms with Crippen molar-refractivity contribution in [1.29, 1.82) is 0 Å². The lowest BCUT2D eigenvalue weighted by Gasteiger charge is -2.19. The lowest BCUT2D eigenvalue weighted by Crippen LogP contribution is -2.26. The number of rotatable bonds is 3. The van der Waals surface area contributed by atoms with Crippen LogP contribution in [0.5, 0.6) is 0 Å². The summed E-state index contributed by atoms with van der Waals surface area (Å²) in [5.41, 5.74) is 6.33. The van der Waals surface area contributed by atoms with E-state index in [-0.39, 0.29) is 5.76 Å². The zero-order valence-electron chi connectivity index (χ0n) is 10.8. The van der Waals surface area contributed by atoms with Crippen LogP contribution < -0.4 is 11.6 Å². The average molecular weight is 250 g/mol. The van der Waals surface area contributed by atoms with E-state index in [1.165, 1.54) is 6.08 Å². The van der Waals surface area contributed by atoms with E-state index >= 15 is 0 Å². The zero-order valence-corrected chi connectivity index (χ0v) is 10.8. The van der Waals surface area contributed by atoms with Crippen LogP contribution in [0.15, 0.2) is 30.0 Å². The average Bonchev–Trinajstić information content (AvgIpc) is 2.23. The van der Waals surface area contributed by atoms with E-state index in [0.29, 0.717) is 11.3 Å². The fourth-order valence-electron chi connectivity index (χ4n) is 1.27. The molecule has 0 aliphatic carbocycles. The van der Waals surface area contributed by atoms with Gasteiger partial charge in [0.2, 0.25) is 5.76 Å². The van der Waals surface area contributed by atoms with E-state index in [4.69, 9.17) is 16.4 Å². The molecule has 1 aromatic carbocycles. The number of nitrogen functional groups attached to an aromatic ring is 1. The van der Waals surface area contributed by atoms with Gasteiger partial charge in [0.15, 0.2) is 0 Å². The molecule has 0 aromatic heterocycles. The Bertz CT molecular complexity index is 462. The fraction of sp³-hybridized carbons (Fsp3) is 0.308. The second-order valence-corrected chi connectivity index (χ2v) is 4.80. The number of nitrogens with two attached hydrogens (primary N) is 2. The molecule has 0 fully saturated rings. The molecule has 0 bridgehead atoms. The van der Waals surface area contributed by atoms with Gasteiger partial charge in [0.25, 0.3) is 0 Å². The molecule has 1 aromatic rings. The van der Waals surface area contributed by atoms with Gasteiger partial charge in [0.1, 0.15) is 5.60 Å². The van der Waals surface area contributed by atoms with Crippen LogP contribution in [0.2, 0.25) is 0 Å². The van der Waals surface area contributed by atoms with Crippen LogP contribution >= 0.6 is 0 Å². The molecule has 0 atom stereocenters. The van der Waals surface area contributed by atoms with Gasteiger partial charge < -0.3 is 15.3 Å². The first-order valence-electron chi connectivity index (χ1n) is 5.49. The highest BCUT2D eigenvalue weighted by Crippen LogP contribution is 2.15. The third-order valence-electron chi connectivity index (χ3n) is 1.94. The standard InChI is InChI=1S/C13H18N2O3/c1-13(2,3)17-12(16)11(18-15)8-9-5-4-6-10(14)7-9/h4-8H,14-15H2,1-3H3/b11-8-. The second-order valence-electron chi connectivity index (χ2n) is 4.80. The van der Waals surface area contributed by atoms with Crippen molar-refractivity contribution in [3.8, 4) is 0 Å². The van der Waals surface area contributed by atoms with Crippen molar-refractivity contribution >= 4 is 17.7 Å². The van der Waals surface area contributed by atoms with E-state index in [9.17, 15) is 4.79 Å². The molecule has 0 amide bonds. The van der Waals surface area contributed by atoms with Gasteiger partial charge in [-0.1, -0.05) is 12.1 Å². The van der Waals surface area contributed by atoms with Crippen molar-refractivity contribution < 1.29 is 14.4 Å². The molecule has 0 spiro atoms. The van der Waals surface area contributed by atoms with E-state index < -0.39 is 11.6 Å². The van der Waals surface area contributed by atoms with E-state index in [1.807, 2.05) is 0 Å². The number of anilines is 1. The Morgan fingerprint density at radius 3 is 2.50 bits per heavy atom. The highest BCUT2D eigenvalue weighted by Gasteiger charge is 2.20. The summed E-state index contributed by atoms with van der Waals surface area (Å²) >= 11 is 0. The molecular weight excluding hydrogens is 232 g/mol. The fourth-order valence-corrected chi connectivity index (χ4v) is 1.27. The minimum atomic E-state index is -0.618. The summed E-state index contributed by atoms with van der Waals surface area (Å²) in [6.07, 6.45) is 1.48. The molecule has 4 N–H and O–H groups in total. The Balaban J connectivity index is 2.93. The summed E-state index contributed by atoms with van der Waals surface area (Å²) in [6.45, 7) is 5.29. The van der Waals surface area contributed by atoms with Crippen LogP contribution in [0.4, 0.5) is 5.69 Å². The SMILES string of the molecule is CC(C)(C)OC(=O)/C(=C/c1cccc(N)c1)ON. The van der Waals surface area contributed by atoms with Crippen molar-refractivity contribution in [2.75, 3.05) is 5.73 Å². The van der Waals surface area contributed by atoms with Crippen molar-refractivity contribution in [2.24, 2.45) is 5.90 Å². The zero-order chi connectivity index (χ0) is 13.8. The molecular formula is C13H18N2O3. The van der Waals surface area contributed by atoms with Crippen LogP contribution in [0.1, 0.15) is 26.3 Å². The highest BCUT2D eigenvalue weighted by molar-refractivity contribution is 5.91. The Morgan fingerprint density at radius 1 is 1.33 bits per heavy atom.